The van der Waals surface area contributed by atoms with Gasteiger partial charge in [0, 0.05) is 15.6 Å². The van der Waals surface area contributed by atoms with Gasteiger partial charge in [-0.2, -0.15) is 0 Å². The fourth-order valence-electron chi connectivity index (χ4n) is 3.36. The lowest BCUT2D eigenvalue weighted by atomic mass is 10.2. The van der Waals surface area contributed by atoms with E-state index >= 15 is 0 Å². The summed E-state index contributed by atoms with van der Waals surface area (Å²) in [6.07, 6.45) is 0. The number of nitrogens with one attached hydrogen (secondary N) is 1. The van der Waals surface area contributed by atoms with Crippen molar-refractivity contribution in [1.29, 1.82) is 0 Å². The Morgan fingerprint density at radius 3 is 2.60 bits per heavy atom. The maximum atomic E-state index is 13.4. The van der Waals surface area contributed by atoms with Crippen molar-refractivity contribution in [2.45, 2.75) is 47.7 Å². The molecule has 2 heterocycles. The number of benzene rings is 1. The average molecular weight is 447 g/mol. The zero-order valence-electron chi connectivity index (χ0n) is 18.0. The summed E-state index contributed by atoms with van der Waals surface area (Å²) < 4.78 is 1.51. The third-order valence-corrected chi connectivity index (χ3v) is 6.74. The van der Waals surface area contributed by atoms with E-state index in [1.54, 1.807) is 12.1 Å². The zero-order valence-corrected chi connectivity index (χ0v) is 19.6. The molecule has 0 bridgehead atoms. The highest BCUT2D eigenvalue weighted by Gasteiger charge is 2.19. The number of hydrogen-bond donors (Lipinski definition) is 1. The van der Waals surface area contributed by atoms with Gasteiger partial charge in [0.2, 0.25) is 5.91 Å². The van der Waals surface area contributed by atoms with E-state index in [4.69, 9.17) is 16.6 Å². The van der Waals surface area contributed by atoms with E-state index in [1.165, 1.54) is 15.9 Å². The van der Waals surface area contributed by atoms with Crippen LogP contribution in [-0.4, -0.2) is 33.4 Å². The Bertz CT molecular complexity index is 1150. The minimum Gasteiger partial charge on any atom is -0.324 e. The lowest BCUT2D eigenvalue weighted by Crippen LogP contribution is -2.34. The first-order valence-corrected chi connectivity index (χ1v) is 11.2. The Morgan fingerprint density at radius 2 is 1.93 bits per heavy atom. The van der Waals surface area contributed by atoms with Gasteiger partial charge < -0.3 is 5.32 Å². The second-order valence-electron chi connectivity index (χ2n) is 7.35. The first-order chi connectivity index (χ1) is 14.2. The van der Waals surface area contributed by atoms with Crippen molar-refractivity contribution in [2.24, 2.45) is 0 Å². The predicted octanol–water partition coefficient (Wildman–Crippen LogP) is 4.52. The molecule has 160 valence electrons. The van der Waals surface area contributed by atoms with Crippen molar-refractivity contribution in [1.82, 2.24) is 14.5 Å². The van der Waals surface area contributed by atoms with Crippen LogP contribution in [0.2, 0.25) is 5.02 Å². The van der Waals surface area contributed by atoms with Crippen molar-refractivity contribution < 1.29 is 4.79 Å². The van der Waals surface area contributed by atoms with Gasteiger partial charge in [-0.15, -0.1) is 11.3 Å². The fourth-order valence-corrected chi connectivity index (χ4v) is 4.57. The molecule has 0 saturated carbocycles. The van der Waals surface area contributed by atoms with Crippen molar-refractivity contribution >= 4 is 44.7 Å². The van der Waals surface area contributed by atoms with Crippen LogP contribution in [0.1, 0.15) is 35.7 Å². The molecular formula is C22H27ClN4O2S. The first-order valence-electron chi connectivity index (χ1n) is 10.0. The van der Waals surface area contributed by atoms with E-state index in [-0.39, 0.29) is 18.0 Å². The number of aryl methyl sites for hydroxylation is 3. The van der Waals surface area contributed by atoms with E-state index < -0.39 is 0 Å². The van der Waals surface area contributed by atoms with Crippen molar-refractivity contribution in [2.75, 3.05) is 18.4 Å². The van der Waals surface area contributed by atoms with E-state index in [0.717, 1.165) is 33.9 Å². The largest absolute Gasteiger partial charge is 0.324 e. The average Bonchev–Trinajstić information content (AvgIpc) is 2.99. The normalized spacial score (nSPS) is 11.4. The second-order valence-corrected chi connectivity index (χ2v) is 8.99. The summed E-state index contributed by atoms with van der Waals surface area (Å²) in [4.78, 5) is 35.0. The predicted molar refractivity (Wildman–Crippen MR) is 125 cm³/mol. The third kappa shape index (κ3) is 4.58. The standard InChI is InChI=1S/C22H27ClN4O2S/c1-6-26(7-2)11-18-25-21-20(14(4)15(5)30-21)22(29)27(18)12-19(28)24-17-10-16(23)9-8-13(17)3/h8-10H,6-7,11-12H2,1-5H3,(H,24,28). The molecule has 3 rings (SSSR count). The van der Waals surface area contributed by atoms with Crippen LogP contribution >= 0.6 is 22.9 Å². The summed E-state index contributed by atoms with van der Waals surface area (Å²) in [5.41, 5.74) is 2.31. The van der Waals surface area contributed by atoms with Crippen LogP contribution < -0.4 is 10.9 Å². The van der Waals surface area contributed by atoms with Gasteiger partial charge >= 0.3 is 0 Å². The quantitative estimate of drug-likeness (QED) is 0.579. The van der Waals surface area contributed by atoms with Gasteiger partial charge in [0.1, 0.15) is 17.2 Å². The number of thiophene rings is 1. The SMILES string of the molecule is CCN(CC)Cc1nc2sc(C)c(C)c2c(=O)n1CC(=O)Nc1cc(Cl)ccc1C. The smallest absolute Gasteiger partial charge is 0.263 e. The maximum Gasteiger partial charge on any atom is 0.263 e. The molecule has 0 atom stereocenters. The minimum absolute atomic E-state index is 0.0985. The highest BCUT2D eigenvalue weighted by Crippen LogP contribution is 2.26. The lowest BCUT2D eigenvalue weighted by molar-refractivity contribution is -0.116. The van der Waals surface area contributed by atoms with Crippen molar-refractivity contribution in [3.05, 3.63) is 55.4 Å². The molecule has 0 unspecified atom stereocenters. The molecule has 3 aromatic rings. The first kappa shape index (κ1) is 22.5. The second kappa shape index (κ2) is 9.29. The molecule has 1 amide bonds. The molecular weight excluding hydrogens is 420 g/mol. The van der Waals surface area contributed by atoms with Crippen LogP contribution in [0.5, 0.6) is 0 Å². The van der Waals surface area contributed by atoms with Crippen molar-refractivity contribution in [3.63, 3.8) is 0 Å². The maximum absolute atomic E-state index is 13.4. The number of fused-ring (bicyclic) bond motifs is 1. The van der Waals surface area contributed by atoms with Crippen LogP contribution in [0, 0.1) is 20.8 Å². The molecule has 0 aliphatic rings. The Hall–Kier alpha value is -2.22. The Morgan fingerprint density at radius 1 is 1.23 bits per heavy atom. The number of hydrogen-bond acceptors (Lipinski definition) is 5. The van der Waals surface area contributed by atoms with Gasteiger partial charge in [0.25, 0.3) is 5.56 Å². The zero-order chi connectivity index (χ0) is 22.0. The van der Waals surface area contributed by atoms with Crippen LogP contribution in [-0.2, 0) is 17.9 Å². The molecule has 0 aliphatic heterocycles. The number of carbonyl (C=O) groups excluding carboxylic acids is 1. The van der Waals surface area contributed by atoms with E-state index in [9.17, 15) is 9.59 Å². The molecule has 2 aromatic heterocycles. The molecule has 6 nitrogen and oxygen atoms in total. The number of rotatable bonds is 7. The van der Waals surface area contributed by atoms with Gasteiger partial charge in [0.15, 0.2) is 0 Å². The summed E-state index contributed by atoms with van der Waals surface area (Å²) in [6.45, 7) is 12.0. The summed E-state index contributed by atoms with van der Waals surface area (Å²) in [5, 5.41) is 4.03. The Labute approximate surface area is 185 Å². The summed E-state index contributed by atoms with van der Waals surface area (Å²) >= 11 is 7.59. The van der Waals surface area contributed by atoms with Crippen LogP contribution in [0.25, 0.3) is 10.2 Å². The topological polar surface area (TPSA) is 67.2 Å². The fraction of sp³-hybridized carbons (Fsp3) is 0.409. The van der Waals surface area contributed by atoms with Crippen LogP contribution in [0.15, 0.2) is 23.0 Å². The molecule has 0 saturated heterocycles. The molecule has 0 radical (unpaired) electrons. The van der Waals surface area contributed by atoms with Crippen molar-refractivity contribution in [3.8, 4) is 0 Å². The van der Waals surface area contributed by atoms with E-state index in [1.807, 2.05) is 26.8 Å². The molecule has 30 heavy (non-hydrogen) atoms. The molecule has 1 aromatic carbocycles. The molecule has 0 aliphatic carbocycles. The van der Waals surface area contributed by atoms with Crippen LogP contribution in [0.4, 0.5) is 5.69 Å². The molecule has 0 fully saturated rings. The van der Waals surface area contributed by atoms with Gasteiger partial charge in [-0.05, 0) is 57.1 Å². The molecule has 1 N–H and O–H groups in total. The number of nitrogens with zero attached hydrogens (tertiary/aromatic N) is 3. The molecule has 0 spiro atoms. The van der Waals surface area contributed by atoms with Gasteiger partial charge in [-0.1, -0.05) is 31.5 Å². The Kier molecular flexibility index (Phi) is 6.95. The number of anilines is 1. The lowest BCUT2D eigenvalue weighted by Gasteiger charge is -2.20. The van der Waals surface area contributed by atoms with Gasteiger partial charge in [-0.3, -0.25) is 19.1 Å². The summed E-state index contributed by atoms with van der Waals surface area (Å²) in [7, 11) is 0. The van der Waals surface area contributed by atoms with Crippen LogP contribution in [0.3, 0.4) is 0 Å². The van der Waals surface area contributed by atoms with E-state index in [0.29, 0.717) is 28.5 Å². The number of amides is 1. The summed E-state index contributed by atoms with van der Waals surface area (Å²) in [5.74, 6) is 0.324. The monoisotopic (exact) mass is 446 g/mol. The third-order valence-electron chi connectivity index (χ3n) is 5.40. The highest BCUT2D eigenvalue weighted by molar-refractivity contribution is 7.18. The number of halogens is 1. The Balaban J connectivity index is 2.02. The van der Waals surface area contributed by atoms with Gasteiger partial charge in [-0.25, -0.2) is 4.98 Å². The number of carbonyl (C=O) groups is 1. The highest BCUT2D eigenvalue weighted by atomic mass is 35.5. The van der Waals surface area contributed by atoms with E-state index in [2.05, 4.69) is 24.1 Å². The number of aromatic nitrogens is 2. The minimum atomic E-state index is -0.283. The van der Waals surface area contributed by atoms with Gasteiger partial charge in [0.05, 0.1) is 11.9 Å². The summed E-state index contributed by atoms with van der Waals surface area (Å²) in [6, 6.07) is 5.34. The molecule has 8 heteroatoms.